The molecule has 94 valence electrons. The Morgan fingerprint density at radius 1 is 1.38 bits per heavy atom. The Morgan fingerprint density at radius 3 is 2.31 bits per heavy atom. The second-order valence-corrected chi connectivity index (χ2v) is 4.69. The summed E-state index contributed by atoms with van der Waals surface area (Å²) in [5.74, 6) is -0.662. The normalized spacial score (nSPS) is 13.3. The summed E-state index contributed by atoms with van der Waals surface area (Å²) in [5.41, 5.74) is -0.244. The summed E-state index contributed by atoms with van der Waals surface area (Å²) in [6.07, 6.45) is 0.499. The topological polar surface area (TPSA) is 75.6 Å². The second-order valence-electron chi connectivity index (χ2n) is 4.69. The van der Waals surface area contributed by atoms with Gasteiger partial charge in [-0.1, -0.05) is 0 Å². The molecular weight excluding hydrogens is 210 g/mol. The molecule has 0 aliphatic heterocycles. The Labute approximate surface area is 96.2 Å². The first kappa shape index (κ1) is 15.1. The van der Waals surface area contributed by atoms with Crippen molar-refractivity contribution in [3.05, 3.63) is 0 Å². The van der Waals surface area contributed by atoms with E-state index < -0.39 is 12.6 Å². The van der Waals surface area contributed by atoms with Gasteiger partial charge in [-0.2, -0.15) is 0 Å². The fourth-order valence-electron chi connectivity index (χ4n) is 1.31. The highest BCUT2D eigenvalue weighted by atomic mass is 16.5. The maximum Gasteiger partial charge on any atom is 0.305 e. The third-order valence-electron chi connectivity index (χ3n) is 2.02. The monoisotopic (exact) mass is 231 g/mol. The number of ether oxygens (including phenoxy) is 1. The second kappa shape index (κ2) is 6.60. The SMILES string of the molecule is COC(=O)CC[C@H](NC(C)(C)C)C(=O)CO. The molecule has 2 N–H and O–H groups in total. The van der Waals surface area contributed by atoms with Gasteiger partial charge in [0.15, 0.2) is 5.78 Å². The van der Waals surface area contributed by atoms with Crippen LogP contribution in [0.25, 0.3) is 0 Å². The highest BCUT2D eigenvalue weighted by Crippen LogP contribution is 2.07. The number of Topliss-reactive ketones (excluding diaryl/α,β-unsaturated/α-hetero) is 1. The average molecular weight is 231 g/mol. The van der Waals surface area contributed by atoms with Gasteiger partial charge in [-0.3, -0.25) is 9.59 Å². The fourth-order valence-corrected chi connectivity index (χ4v) is 1.31. The number of methoxy groups -OCH3 is 1. The van der Waals surface area contributed by atoms with Crippen LogP contribution in [0.3, 0.4) is 0 Å². The van der Waals surface area contributed by atoms with Crippen LogP contribution in [0.1, 0.15) is 33.6 Å². The molecule has 5 heteroatoms. The van der Waals surface area contributed by atoms with Crippen molar-refractivity contribution in [2.45, 2.75) is 45.2 Å². The number of aliphatic hydroxyl groups excluding tert-OH is 1. The van der Waals surface area contributed by atoms with Gasteiger partial charge in [0.2, 0.25) is 0 Å². The van der Waals surface area contributed by atoms with Crippen molar-refractivity contribution in [1.82, 2.24) is 5.32 Å². The molecule has 0 saturated carbocycles. The molecule has 0 aromatic heterocycles. The smallest absolute Gasteiger partial charge is 0.305 e. The largest absolute Gasteiger partial charge is 0.469 e. The number of carbonyl (C=O) groups excluding carboxylic acids is 2. The summed E-state index contributed by atoms with van der Waals surface area (Å²) in [7, 11) is 1.31. The van der Waals surface area contributed by atoms with Crippen LogP contribution in [-0.4, -0.2) is 42.2 Å². The molecule has 0 aromatic carbocycles. The minimum absolute atomic E-state index is 0.163. The number of rotatable bonds is 6. The Bertz CT molecular complexity index is 245. The van der Waals surface area contributed by atoms with E-state index in [0.717, 1.165) is 0 Å². The molecule has 16 heavy (non-hydrogen) atoms. The molecule has 0 amide bonds. The summed E-state index contributed by atoms with van der Waals surface area (Å²) >= 11 is 0. The summed E-state index contributed by atoms with van der Waals surface area (Å²) in [6.45, 7) is 5.24. The average Bonchev–Trinajstić information content (AvgIpc) is 2.20. The molecule has 0 heterocycles. The van der Waals surface area contributed by atoms with Gasteiger partial charge in [-0.05, 0) is 27.2 Å². The number of aliphatic hydroxyl groups is 1. The molecule has 0 unspecified atom stereocenters. The molecular formula is C11H21NO4. The van der Waals surface area contributed by atoms with Crippen molar-refractivity contribution >= 4 is 11.8 Å². The molecule has 0 aliphatic carbocycles. The minimum atomic E-state index is -0.519. The number of carbonyl (C=O) groups is 2. The van der Waals surface area contributed by atoms with Crippen LogP contribution in [0.5, 0.6) is 0 Å². The molecule has 0 fully saturated rings. The van der Waals surface area contributed by atoms with Crippen LogP contribution in [0.2, 0.25) is 0 Å². The predicted molar refractivity (Wildman–Crippen MR) is 60.0 cm³/mol. The highest BCUT2D eigenvalue weighted by molar-refractivity contribution is 5.85. The maximum absolute atomic E-state index is 11.4. The molecule has 5 nitrogen and oxygen atoms in total. The van der Waals surface area contributed by atoms with E-state index in [2.05, 4.69) is 10.1 Å². The van der Waals surface area contributed by atoms with Gasteiger partial charge in [-0.25, -0.2) is 0 Å². The van der Waals surface area contributed by atoms with Crippen molar-refractivity contribution in [1.29, 1.82) is 0 Å². The van der Waals surface area contributed by atoms with Gasteiger partial charge in [0.25, 0.3) is 0 Å². The third kappa shape index (κ3) is 6.53. The van der Waals surface area contributed by atoms with Gasteiger partial charge < -0.3 is 15.2 Å². The lowest BCUT2D eigenvalue weighted by Crippen LogP contribution is -2.48. The number of hydrogen-bond acceptors (Lipinski definition) is 5. The van der Waals surface area contributed by atoms with E-state index in [4.69, 9.17) is 5.11 Å². The molecule has 0 aliphatic rings. The summed E-state index contributed by atoms with van der Waals surface area (Å²) in [4.78, 5) is 22.4. The van der Waals surface area contributed by atoms with Gasteiger partial charge in [0.05, 0.1) is 13.2 Å². The number of hydrogen-bond donors (Lipinski definition) is 2. The Kier molecular flexibility index (Phi) is 6.21. The predicted octanol–water partition coefficient (Wildman–Crippen LogP) is 0.258. The van der Waals surface area contributed by atoms with E-state index in [-0.39, 0.29) is 23.7 Å². The van der Waals surface area contributed by atoms with Gasteiger partial charge in [-0.15, -0.1) is 0 Å². The Morgan fingerprint density at radius 2 is 1.94 bits per heavy atom. The Balaban J connectivity index is 4.33. The van der Waals surface area contributed by atoms with Crippen molar-refractivity contribution in [2.75, 3.05) is 13.7 Å². The van der Waals surface area contributed by atoms with Crippen LogP contribution in [-0.2, 0) is 14.3 Å². The van der Waals surface area contributed by atoms with E-state index in [1.54, 1.807) is 0 Å². The van der Waals surface area contributed by atoms with Crippen molar-refractivity contribution in [2.24, 2.45) is 0 Å². The first-order chi connectivity index (χ1) is 7.30. The van der Waals surface area contributed by atoms with E-state index in [0.29, 0.717) is 6.42 Å². The van der Waals surface area contributed by atoms with Crippen molar-refractivity contribution in [3.8, 4) is 0 Å². The fraction of sp³-hybridized carbons (Fsp3) is 0.818. The van der Waals surface area contributed by atoms with E-state index in [1.807, 2.05) is 20.8 Å². The molecule has 0 aromatic rings. The third-order valence-corrected chi connectivity index (χ3v) is 2.02. The van der Waals surface area contributed by atoms with Gasteiger partial charge in [0, 0.05) is 12.0 Å². The van der Waals surface area contributed by atoms with Crippen molar-refractivity contribution < 1.29 is 19.4 Å². The van der Waals surface area contributed by atoms with Crippen LogP contribution < -0.4 is 5.32 Å². The summed E-state index contributed by atoms with van der Waals surface area (Å²) in [5, 5.41) is 11.9. The minimum Gasteiger partial charge on any atom is -0.469 e. The zero-order valence-corrected chi connectivity index (χ0v) is 10.4. The van der Waals surface area contributed by atoms with Crippen LogP contribution in [0, 0.1) is 0 Å². The molecule has 0 rings (SSSR count). The molecule has 0 radical (unpaired) electrons. The molecule has 0 saturated heterocycles. The molecule has 0 spiro atoms. The lowest BCUT2D eigenvalue weighted by Gasteiger charge is -2.27. The van der Waals surface area contributed by atoms with Gasteiger partial charge in [0.1, 0.15) is 6.61 Å². The molecule has 0 bridgehead atoms. The molecule has 1 atom stereocenters. The zero-order chi connectivity index (χ0) is 12.8. The standard InChI is InChI=1S/C11H21NO4/c1-11(2,3)12-8(9(14)7-13)5-6-10(15)16-4/h8,12-13H,5-7H2,1-4H3/t8-/m0/s1. The highest BCUT2D eigenvalue weighted by Gasteiger charge is 2.23. The summed E-state index contributed by atoms with van der Waals surface area (Å²) < 4.78 is 4.50. The van der Waals surface area contributed by atoms with Crippen LogP contribution >= 0.6 is 0 Å². The quantitative estimate of drug-likeness (QED) is 0.641. The van der Waals surface area contributed by atoms with Gasteiger partial charge >= 0.3 is 5.97 Å². The first-order valence-corrected chi connectivity index (χ1v) is 5.28. The first-order valence-electron chi connectivity index (χ1n) is 5.28. The zero-order valence-electron chi connectivity index (χ0n) is 10.4. The van der Waals surface area contributed by atoms with Crippen LogP contribution in [0.15, 0.2) is 0 Å². The number of nitrogens with one attached hydrogen (secondary N) is 1. The van der Waals surface area contributed by atoms with E-state index in [1.165, 1.54) is 7.11 Å². The van der Waals surface area contributed by atoms with Crippen molar-refractivity contribution in [3.63, 3.8) is 0 Å². The van der Waals surface area contributed by atoms with Crippen LogP contribution in [0.4, 0.5) is 0 Å². The van der Waals surface area contributed by atoms with E-state index >= 15 is 0 Å². The summed E-state index contributed by atoms with van der Waals surface area (Å²) in [6, 6.07) is -0.510. The number of ketones is 1. The Hall–Kier alpha value is -0.940. The van der Waals surface area contributed by atoms with E-state index in [9.17, 15) is 9.59 Å². The number of esters is 1. The maximum atomic E-state index is 11.4. The lowest BCUT2D eigenvalue weighted by molar-refractivity contribution is -0.141. The lowest BCUT2D eigenvalue weighted by atomic mass is 10.0.